The number of carbonyl (C=O) groups excluding carboxylic acids is 6. The van der Waals surface area contributed by atoms with Crippen molar-refractivity contribution in [1.82, 2.24) is 25.3 Å². The molecule has 1 aromatic carbocycles. The number of amides is 4. The third kappa shape index (κ3) is 15.8. The molecule has 1 aliphatic rings. The Kier molecular flexibility index (Phi) is 23.4. The van der Waals surface area contributed by atoms with Gasteiger partial charge in [0.2, 0.25) is 23.6 Å². The largest absolute Gasteiger partial charge is 0.460 e. The Morgan fingerprint density at radius 2 is 1.48 bits per heavy atom. The van der Waals surface area contributed by atoms with E-state index in [0.29, 0.717) is 37.8 Å². The number of benzene rings is 1. The Balaban J connectivity index is 2.32. The Labute approximate surface area is 383 Å². The molecule has 358 valence electrons. The second-order valence-electron chi connectivity index (χ2n) is 18.2. The Bertz CT molecular complexity index is 1770. The lowest BCUT2D eigenvalue weighted by atomic mass is 9.89. The maximum atomic E-state index is 14.4. The van der Waals surface area contributed by atoms with E-state index in [0.717, 1.165) is 5.57 Å². The van der Waals surface area contributed by atoms with Crippen molar-refractivity contribution < 1.29 is 43.0 Å². The van der Waals surface area contributed by atoms with E-state index >= 15 is 0 Å². The van der Waals surface area contributed by atoms with Gasteiger partial charge in [0.1, 0.15) is 12.6 Å². The molecule has 64 heavy (non-hydrogen) atoms. The Morgan fingerprint density at radius 1 is 0.859 bits per heavy atom. The molecular formula is C50H79N5O9. The highest BCUT2D eigenvalue weighted by Crippen LogP contribution is 2.30. The predicted octanol–water partition coefficient (Wildman–Crippen LogP) is 6.26. The van der Waals surface area contributed by atoms with Gasteiger partial charge in [-0.2, -0.15) is 0 Å². The van der Waals surface area contributed by atoms with E-state index in [1.165, 1.54) is 26.2 Å². The zero-order valence-electron chi connectivity index (χ0n) is 41.1. The molecule has 1 fully saturated rings. The fourth-order valence-electron chi connectivity index (χ4n) is 8.75. The van der Waals surface area contributed by atoms with Gasteiger partial charge in [-0.1, -0.05) is 103 Å². The van der Waals surface area contributed by atoms with Gasteiger partial charge >= 0.3 is 5.97 Å². The Hall–Kier alpha value is -4.66. The number of nitrogens with one attached hydrogen (secondary N) is 2. The van der Waals surface area contributed by atoms with E-state index in [1.54, 1.807) is 55.2 Å². The molecule has 14 heteroatoms. The molecule has 0 spiro atoms. The SMILES string of the molecule is C=C/C=C\C=C(/C)CC(COC(=O)c1ccc(C(C)=O)cc1)NC(=O)C(C)C(OC)C1CCCN1C(=O)CC(OC)C(C(C)CC)N(C)C(=O)[C@@H](NC(=O)C(C(C)C)N(C)C)C(C)C. The smallest absolute Gasteiger partial charge is 0.338 e. The van der Waals surface area contributed by atoms with Crippen molar-refractivity contribution in [2.45, 2.75) is 137 Å². The van der Waals surface area contributed by atoms with Gasteiger partial charge in [0.25, 0.3) is 0 Å². The molecule has 4 amide bonds. The lowest BCUT2D eigenvalue weighted by Crippen LogP contribution is -2.59. The van der Waals surface area contributed by atoms with Crippen molar-refractivity contribution in [1.29, 1.82) is 0 Å². The maximum absolute atomic E-state index is 14.4. The van der Waals surface area contributed by atoms with Crippen LogP contribution < -0.4 is 10.6 Å². The first kappa shape index (κ1) is 55.5. The molecule has 1 aromatic rings. The molecule has 1 aliphatic heterocycles. The van der Waals surface area contributed by atoms with Crippen LogP contribution in [0.25, 0.3) is 0 Å². The molecule has 0 aliphatic carbocycles. The van der Waals surface area contributed by atoms with Gasteiger partial charge in [-0.3, -0.25) is 28.9 Å². The second-order valence-corrected chi connectivity index (χ2v) is 18.2. The first-order valence-electron chi connectivity index (χ1n) is 22.8. The summed E-state index contributed by atoms with van der Waals surface area (Å²) in [6.07, 6.45) is 8.27. The fraction of sp³-hybridized carbons (Fsp3) is 0.640. The molecule has 0 aromatic heterocycles. The van der Waals surface area contributed by atoms with Crippen LogP contribution in [0.3, 0.4) is 0 Å². The maximum Gasteiger partial charge on any atom is 0.338 e. The van der Waals surface area contributed by atoms with Gasteiger partial charge in [0, 0.05) is 33.4 Å². The minimum atomic E-state index is -0.789. The molecule has 8 unspecified atom stereocenters. The van der Waals surface area contributed by atoms with E-state index < -0.39 is 54.3 Å². The minimum Gasteiger partial charge on any atom is -0.460 e. The number of ketones is 1. The van der Waals surface area contributed by atoms with Gasteiger partial charge in [0.15, 0.2) is 5.78 Å². The van der Waals surface area contributed by atoms with E-state index in [9.17, 15) is 28.8 Å². The summed E-state index contributed by atoms with van der Waals surface area (Å²) >= 11 is 0. The highest BCUT2D eigenvalue weighted by Gasteiger charge is 2.43. The number of carbonyl (C=O) groups is 6. The van der Waals surface area contributed by atoms with Crippen molar-refractivity contribution in [2.24, 2.45) is 23.7 Å². The van der Waals surface area contributed by atoms with Crippen LogP contribution in [0.1, 0.15) is 115 Å². The quantitative estimate of drug-likeness (QED) is 0.0617. The number of Topliss-reactive ketones (excluding diaryl/α,β-unsaturated/α-hetero) is 1. The first-order valence-corrected chi connectivity index (χ1v) is 22.8. The fourth-order valence-corrected chi connectivity index (χ4v) is 8.75. The Morgan fingerprint density at radius 3 is 2.00 bits per heavy atom. The van der Waals surface area contributed by atoms with Crippen molar-refractivity contribution in [3.05, 3.63) is 71.8 Å². The number of likely N-dealkylation sites (N-methyl/N-ethyl adjacent to an activating group) is 2. The van der Waals surface area contributed by atoms with Gasteiger partial charge in [-0.05, 0) is 77.1 Å². The van der Waals surface area contributed by atoms with Crippen molar-refractivity contribution in [3.8, 4) is 0 Å². The molecular weight excluding hydrogens is 815 g/mol. The van der Waals surface area contributed by atoms with Crippen LogP contribution in [0.15, 0.2) is 60.7 Å². The van der Waals surface area contributed by atoms with Crippen LogP contribution in [-0.4, -0.2) is 141 Å². The lowest BCUT2D eigenvalue weighted by molar-refractivity contribution is -0.148. The van der Waals surface area contributed by atoms with Gasteiger partial charge in [-0.15, -0.1) is 0 Å². The highest BCUT2D eigenvalue weighted by atomic mass is 16.5. The number of nitrogens with zero attached hydrogens (tertiary/aromatic N) is 3. The number of methoxy groups -OCH3 is 2. The van der Waals surface area contributed by atoms with E-state index in [4.69, 9.17) is 14.2 Å². The number of hydrogen-bond donors (Lipinski definition) is 2. The summed E-state index contributed by atoms with van der Waals surface area (Å²) in [7, 11) is 8.50. The summed E-state index contributed by atoms with van der Waals surface area (Å²) in [5.41, 5.74) is 1.69. The number of likely N-dealkylation sites (tertiary alicyclic amines) is 1. The summed E-state index contributed by atoms with van der Waals surface area (Å²) in [5.74, 6) is -2.60. The van der Waals surface area contributed by atoms with E-state index in [-0.39, 0.29) is 65.8 Å². The van der Waals surface area contributed by atoms with Crippen molar-refractivity contribution in [2.75, 3.05) is 48.5 Å². The normalized spacial score (nSPS) is 18.2. The zero-order valence-corrected chi connectivity index (χ0v) is 41.1. The summed E-state index contributed by atoms with van der Waals surface area (Å²) < 4.78 is 17.8. The van der Waals surface area contributed by atoms with Crippen molar-refractivity contribution >= 4 is 35.4 Å². The molecule has 1 saturated heterocycles. The molecule has 0 bridgehead atoms. The standard InChI is InChI=1S/C50H79N5O9/c1-16-18-19-21-33(7)28-39(30-64-50(61)38-25-23-37(24-26-38)36(10)56)51-47(58)35(9)46(63-15)40-22-20-27-55(40)42(57)29-41(62-14)45(34(8)17-2)54(13)49(60)43(31(3)4)52-48(59)44(32(5)6)53(11)12/h16,18-19,21,23-26,31-32,34-35,39-41,43-46H,1,17,20,22,27-30H2,2-15H3,(H,51,58)(H,52,59)/b19-18-,33-21+/t34?,35?,39?,40?,41?,43-,44?,45?,46?/m0/s1. The van der Waals surface area contributed by atoms with E-state index in [1.807, 2.05) is 79.6 Å². The van der Waals surface area contributed by atoms with Crippen molar-refractivity contribution in [3.63, 3.8) is 0 Å². The molecule has 14 nitrogen and oxygen atoms in total. The molecule has 9 atom stereocenters. The van der Waals surface area contributed by atoms with Gasteiger partial charge < -0.3 is 34.6 Å². The average molecular weight is 894 g/mol. The van der Waals surface area contributed by atoms with Crippen LogP contribution in [-0.2, 0) is 33.4 Å². The predicted molar refractivity (Wildman–Crippen MR) is 252 cm³/mol. The first-order chi connectivity index (χ1) is 30.1. The zero-order chi connectivity index (χ0) is 48.4. The van der Waals surface area contributed by atoms with Crippen LogP contribution in [0.4, 0.5) is 0 Å². The highest BCUT2D eigenvalue weighted by molar-refractivity contribution is 5.96. The summed E-state index contributed by atoms with van der Waals surface area (Å²) in [5, 5.41) is 6.12. The van der Waals surface area contributed by atoms with Gasteiger partial charge in [-0.25, -0.2) is 4.79 Å². The number of ether oxygens (including phenoxy) is 3. The van der Waals surface area contributed by atoms with Crippen LogP contribution in [0.2, 0.25) is 0 Å². The molecule has 2 rings (SSSR count). The molecule has 1 heterocycles. The second kappa shape index (κ2) is 27.0. The average Bonchev–Trinajstić information content (AvgIpc) is 3.73. The molecule has 2 N–H and O–H groups in total. The summed E-state index contributed by atoms with van der Waals surface area (Å²) in [6.45, 7) is 21.0. The van der Waals surface area contributed by atoms with Crippen LogP contribution in [0, 0.1) is 23.7 Å². The number of hydrogen-bond acceptors (Lipinski definition) is 10. The van der Waals surface area contributed by atoms with Crippen LogP contribution >= 0.6 is 0 Å². The monoisotopic (exact) mass is 894 g/mol. The van der Waals surface area contributed by atoms with Crippen LogP contribution in [0.5, 0.6) is 0 Å². The molecule has 0 saturated carbocycles. The lowest BCUT2D eigenvalue weighted by Gasteiger charge is -2.41. The van der Waals surface area contributed by atoms with Gasteiger partial charge in [0.05, 0.1) is 54.3 Å². The number of esters is 1. The minimum absolute atomic E-state index is 0.0117. The summed E-state index contributed by atoms with van der Waals surface area (Å²) in [4.78, 5) is 86.4. The number of rotatable bonds is 26. The van der Waals surface area contributed by atoms with E-state index in [2.05, 4.69) is 17.2 Å². The third-order valence-corrected chi connectivity index (χ3v) is 12.4. The number of allylic oxidation sites excluding steroid dienone is 4. The topological polar surface area (TPSA) is 164 Å². The molecule has 0 radical (unpaired) electrons. The third-order valence-electron chi connectivity index (χ3n) is 12.4. The summed E-state index contributed by atoms with van der Waals surface area (Å²) in [6, 6.07) is 3.52.